The first kappa shape index (κ1) is 35.4. The minimum Gasteiger partial charge on any atom is -0.379 e. The van der Waals surface area contributed by atoms with Crippen molar-refractivity contribution in [3.8, 4) is 11.5 Å². The van der Waals surface area contributed by atoms with E-state index in [2.05, 4.69) is 21.3 Å². The molecule has 4 N–H and O–H groups in total. The summed E-state index contributed by atoms with van der Waals surface area (Å²) in [6, 6.07) is 29.5. The van der Waals surface area contributed by atoms with E-state index < -0.39 is 42.1 Å². The summed E-state index contributed by atoms with van der Waals surface area (Å²) in [5.74, 6) is -0.239. The number of hydrogen-bond donors (Lipinski definition) is 4. The summed E-state index contributed by atoms with van der Waals surface area (Å²) in [5.41, 5.74) is 3.90. The highest BCUT2D eigenvalue weighted by molar-refractivity contribution is 7.88. The van der Waals surface area contributed by atoms with Crippen LogP contribution >= 0.6 is 0 Å². The number of urea groups is 2. The summed E-state index contributed by atoms with van der Waals surface area (Å²) in [6.07, 6.45) is 1.72. The fourth-order valence-electron chi connectivity index (χ4n) is 4.62. The molecule has 5 aromatic carbocycles. The highest BCUT2D eigenvalue weighted by Gasteiger charge is 2.23. The number of aryl methyl sites for hydroxylation is 2. The van der Waals surface area contributed by atoms with Crippen LogP contribution in [0, 0.1) is 0 Å². The van der Waals surface area contributed by atoms with Gasteiger partial charge in [-0.25, -0.2) is 9.59 Å². The van der Waals surface area contributed by atoms with Crippen molar-refractivity contribution in [3.05, 3.63) is 132 Å². The molecule has 0 unspecified atom stereocenters. The van der Waals surface area contributed by atoms with E-state index in [-0.39, 0.29) is 22.9 Å². The Morgan fingerprint density at radius 1 is 0.480 bits per heavy atom. The molecule has 0 heterocycles. The molecule has 0 saturated carbocycles. The van der Waals surface area contributed by atoms with E-state index in [0.29, 0.717) is 11.4 Å². The molecular weight excluding hydrogens is 681 g/mol. The lowest BCUT2D eigenvalue weighted by atomic mass is 10.1. The average molecular weight is 715 g/mol. The molecule has 12 nitrogen and oxygen atoms in total. The number of nitrogens with one attached hydrogen (secondary N) is 4. The van der Waals surface area contributed by atoms with Crippen molar-refractivity contribution in [2.75, 3.05) is 21.3 Å². The zero-order valence-electron chi connectivity index (χ0n) is 27.0. The van der Waals surface area contributed by atoms with Crippen LogP contribution in [0.1, 0.15) is 25.0 Å². The molecule has 4 amide bonds. The van der Waals surface area contributed by atoms with Crippen LogP contribution in [-0.2, 0) is 33.1 Å². The zero-order chi connectivity index (χ0) is 35.7. The summed E-state index contributed by atoms with van der Waals surface area (Å²) in [6.45, 7) is 4.05. The summed E-state index contributed by atoms with van der Waals surface area (Å²) in [4.78, 5) is 24.1. The van der Waals surface area contributed by atoms with Crippen molar-refractivity contribution < 1.29 is 34.8 Å². The van der Waals surface area contributed by atoms with Gasteiger partial charge in [0.2, 0.25) is 0 Å². The molecule has 0 aliphatic heterocycles. The Labute approximate surface area is 290 Å². The number of hydrogen-bond acceptors (Lipinski definition) is 8. The van der Waals surface area contributed by atoms with E-state index >= 15 is 0 Å². The van der Waals surface area contributed by atoms with Crippen molar-refractivity contribution in [2.24, 2.45) is 0 Å². The third kappa shape index (κ3) is 9.61. The molecule has 0 fully saturated rings. The molecule has 0 spiro atoms. The first-order chi connectivity index (χ1) is 23.9. The molecule has 0 saturated heterocycles. The van der Waals surface area contributed by atoms with Crippen molar-refractivity contribution in [3.63, 3.8) is 0 Å². The Morgan fingerprint density at radius 3 is 1.22 bits per heavy atom. The van der Waals surface area contributed by atoms with Gasteiger partial charge in [0, 0.05) is 34.9 Å². The van der Waals surface area contributed by atoms with E-state index in [1.165, 1.54) is 54.6 Å². The van der Waals surface area contributed by atoms with Crippen LogP contribution in [0.5, 0.6) is 11.5 Å². The van der Waals surface area contributed by atoms with Gasteiger partial charge in [-0.2, -0.15) is 16.8 Å². The molecule has 0 aliphatic rings. The monoisotopic (exact) mass is 714 g/mol. The van der Waals surface area contributed by atoms with Gasteiger partial charge < -0.3 is 29.6 Å². The quantitative estimate of drug-likeness (QED) is 0.0957. The van der Waals surface area contributed by atoms with Crippen molar-refractivity contribution in [1.82, 2.24) is 0 Å². The largest absolute Gasteiger partial charge is 0.379 e. The van der Waals surface area contributed by atoms with Gasteiger partial charge in [0.25, 0.3) is 0 Å². The first-order valence-electron chi connectivity index (χ1n) is 15.5. The van der Waals surface area contributed by atoms with E-state index in [9.17, 15) is 26.4 Å². The van der Waals surface area contributed by atoms with Gasteiger partial charge in [0.05, 0.1) is 0 Å². The van der Waals surface area contributed by atoms with Crippen LogP contribution < -0.4 is 29.6 Å². The zero-order valence-corrected chi connectivity index (χ0v) is 28.7. The molecule has 14 heteroatoms. The Hall–Kier alpha value is -5.86. The molecule has 258 valence electrons. The third-order valence-electron chi connectivity index (χ3n) is 7.22. The van der Waals surface area contributed by atoms with Gasteiger partial charge in [-0.15, -0.1) is 0 Å². The standard InChI is InChI=1S/C36H34N4O8S2/c1-3-25-14-18-27(19-15-25)37-35(41)39-29-8-5-10-31(22-29)47-49(43,44)33-12-7-13-34(24-33)50(45,46)48-32-11-6-9-30(23-32)40-36(42)38-28-20-16-26(4-2)17-21-28/h5-24H,3-4H2,1-2H3,(H2,37,39,41)(H2,38,40,42). The molecule has 5 aromatic rings. The summed E-state index contributed by atoms with van der Waals surface area (Å²) < 4.78 is 63.2. The van der Waals surface area contributed by atoms with E-state index in [1.807, 2.05) is 38.1 Å². The molecule has 0 aromatic heterocycles. The van der Waals surface area contributed by atoms with Gasteiger partial charge in [0.1, 0.15) is 21.3 Å². The van der Waals surface area contributed by atoms with Crippen LogP contribution in [0.2, 0.25) is 0 Å². The molecule has 0 radical (unpaired) electrons. The van der Waals surface area contributed by atoms with Gasteiger partial charge in [-0.05, 0) is 90.7 Å². The maximum Gasteiger partial charge on any atom is 0.339 e. The number of anilines is 4. The minimum absolute atomic E-state index is 0.120. The Bertz CT molecular complexity index is 2050. The molecular formula is C36H34N4O8S2. The van der Waals surface area contributed by atoms with Crippen molar-refractivity contribution in [1.29, 1.82) is 0 Å². The lowest BCUT2D eigenvalue weighted by molar-refractivity contribution is 0.261. The second-order valence-electron chi connectivity index (χ2n) is 10.9. The van der Waals surface area contributed by atoms with Crippen LogP contribution in [0.3, 0.4) is 0 Å². The molecule has 0 aliphatic carbocycles. The SMILES string of the molecule is CCc1ccc(NC(=O)Nc2cccc(OS(=O)(=O)c3cccc(S(=O)(=O)Oc4cccc(NC(=O)Nc5ccc(CC)cc5)c4)c3)c2)cc1. The Kier molecular flexibility index (Phi) is 11.0. The fourth-order valence-corrected chi connectivity index (χ4v) is 6.63. The van der Waals surface area contributed by atoms with E-state index in [1.54, 1.807) is 36.4 Å². The number of rotatable bonds is 12. The van der Waals surface area contributed by atoms with Gasteiger partial charge >= 0.3 is 32.3 Å². The predicted octanol–water partition coefficient (Wildman–Crippen LogP) is 7.63. The highest BCUT2D eigenvalue weighted by atomic mass is 32.2. The van der Waals surface area contributed by atoms with Crippen molar-refractivity contribution >= 4 is 55.0 Å². The number of amides is 4. The summed E-state index contributed by atoms with van der Waals surface area (Å²) in [5, 5.41) is 10.6. The van der Waals surface area contributed by atoms with E-state index in [4.69, 9.17) is 8.37 Å². The van der Waals surface area contributed by atoms with Crippen LogP contribution in [0.4, 0.5) is 32.3 Å². The first-order valence-corrected chi connectivity index (χ1v) is 18.3. The average Bonchev–Trinajstić information content (AvgIpc) is 3.09. The predicted molar refractivity (Wildman–Crippen MR) is 192 cm³/mol. The van der Waals surface area contributed by atoms with Gasteiger partial charge in [0.15, 0.2) is 0 Å². The maximum atomic E-state index is 13.2. The Balaban J connectivity index is 1.22. The van der Waals surface area contributed by atoms with Crippen LogP contribution in [-0.4, -0.2) is 28.9 Å². The number of carbonyl (C=O) groups is 2. The normalized spacial score (nSPS) is 11.2. The smallest absolute Gasteiger partial charge is 0.339 e. The molecule has 0 bridgehead atoms. The summed E-state index contributed by atoms with van der Waals surface area (Å²) in [7, 11) is -9.04. The van der Waals surface area contributed by atoms with Crippen LogP contribution in [0.25, 0.3) is 0 Å². The number of benzene rings is 5. The maximum absolute atomic E-state index is 13.2. The molecule has 0 atom stereocenters. The topological polar surface area (TPSA) is 169 Å². The lowest BCUT2D eigenvalue weighted by Gasteiger charge is -2.12. The fraction of sp³-hybridized carbons (Fsp3) is 0.111. The van der Waals surface area contributed by atoms with Gasteiger partial charge in [-0.3, -0.25) is 0 Å². The third-order valence-corrected chi connectivity index (χ3v) is 9.70. The second kappa shape index (κ2) is 15.6. The summed E-state index contributed by atoms with van der Waals surface area (Å²) >= 11 is 0. The highest BCUT2D eigenvalue weighted by Crippen LogP contribution is 2.26. The van der Waals surface area contributed by atoms with E-state index in [0.717, 1.165) is 30.0 Å². The second-order valence-corrected chi connectivity index (χ2v) is 14.0. The van der Waals surface area contributed by atoms with Gasteiger partial charge in [-0.1, -0.05) is 56.3 Å². The number of carbonyl (C=O) groups excluding carboxylic acids is 2. The Morgan fingerprint density at radius 2 is 0.840 bits per heavy atom. The minimum atomic E-state index is -4.52. The van der Waals surface area contributed by atoms with Crippen LogP contribution in [0.15, 0.2) is 131 Å². The molecule has 5 rings (SSSR count). The van der Waals surface area contributed by atoms with Crippen molar-refractivity contribution in [2.45, 2.75) is 36.5 Å². The molecule has 50 heavy (non-hydrogen) atoms. The lowest BCUT2D eigenvalue weighted by Crippen LogP contribution is -2.19.